The summed E-state index contributed by atoms with van der Waals surface area (Å²) in [6, 6.07) is 0. The summed E-state index contributed by atoms with van der Waals surface area (Å²) in [5.41, 5.74) is 6.50. The van der Waals surface area contributed by atoms with Gasteiger partial charge in [-0.05, 0) is 44.1 Å². The van der Waals surface area contributed by atoms with Gasteiger partial charge in [0.25, 0.3) is 0 Å². The molecule has 1 aliphatic carbocycles. The first-order valence-electron chi connectivity index (χ1n) is 8.23. The van der Waals surface area contributed by atoms with Crippen molar-refractivity contribution in [2.45, 2.75) is 57.9 Å². The van der Waals surface area contributed by atoms with Crippen molar-refractivity contribution in [3.05, 3.63) is 0 Å². The van der Waals surface area contributed by atoms with E-state index >= 15 is 0 Å². The maximum absolute atomic E-state index is 6.22. The van der Waals surface area contributed by atoms with Gasteiger partial charge in [-0.2, -0.15) is 0 Å². The van der Waals surface area contributed by atoms with Crippen molar-refractivity contribution in [1.82, 2.24) is 4.90 Å². The zero-order valence-corrected chi connectivity index (χ0v) is 12.9. The Morgan fingerprint density at radius 2 is 2.00 bits per heavy atom. The maximum Gasteiger partial charge on any atom is 0.0469 e. The molecule has 0 aromatic rings. The molecule has 0 radical (unpaired) electrons. The summed E-state index contributed by atoms with van der Waals surface area (Å²) in [7, 11) is 0. The van der Waals surface area contributed by atoms with Crippen molar-refractivity contribution >= 4 is 0 Å². The van der Waals surface area contributed by atoms with Gasteiger partial charge in [0.2, 0.25) is 0 Å². The fourth-order valence-electron chi connectivity index (χ4n) is 4.13. The monoisotopic (exact) mass is 268 g/mol. The smallest absolute Gasteiger partial charge is 0.0469 e. The van der Waals surface area contributed by atoms with Crippen molar-refractivity contribution in [3.63, 3.8) is 0 Å². The quantitative estimate of drug-likeness (QED) is 0.833. The Morgan fingerprint density at radius 1 is 1.26 bits per heavy atom. The molecule has 2 rings (SSSR count). The second-order valence-corrected chi connectivity index (χ2v) is 6.72. The molecule has 0 bridgehead atoms. The van der Waals surface area contributed by atoms with Crippen LogP contribution >= 0.6 is 0 Å². The fraction of sp³-hybridized carbons (Fsp3) is 1.00. The highest BCUT2D eigenvalue weighted by molar-refractivity contribution is 4.96. The summed E-state index contributed by atoms with van der Waals surface area (Å²) in [5, 5.41) is 0. The minimum absolute atomic E-state index is 0.282. The zero-order chi connectivity index (χ0) is 13.7. The number of hydrogen-bond acceptors (Lipinski definition) is 3. The topological polar surface area (TPSA) is 38.5 Å². The van der Waals surface area contributed by atoms with Gasteiger partial charge in [-0.3, -0.25) is 4.90 Å². The standard InChI is InChI=1S/C16H32N2O/c1-3-18(12-15-6-9-19-10-7-15)16(13-17)8-4-5-14(2)11-16/h14-15H,3-13,17H2,1-2H3. The number of likely N-dealkylation sites (N-methyl/N-ethyl adjacent to an activating group) is 1. The average Bonchev–Trinajstić information content (AvgIpc) is 2.45. The lowest BCUT2D eigenvalue weighted by atomic mass is 9.74. The van der Waals surface area contributed by atoms with Crippen LogP contribution in [0.4, 0.5) is 0 Å². The van der Waals surface area contributed by atoms with Crippen LogP contribution in [0.3, 0.4) is 0 Å². The highest BCUT2D eigenvalue weighted by Gasteiger charge is 2.39. The molecular weight excluding hydrogens is 236 g/mol. The minimum atomic E-state index is 0.282. The summed E-state index contributed by atoms with van der Waals surface area (Å²) in [6.07, 6.45) is 7.78. The zero-order valence-electron chi connectivity index (χ0n) is 12.9. The van der Waals surface area contributed by atoms with Gasteiger partial charge in [-0.1, -0.05) is 26.7 Å². The van der Waals surface area contributed by atoms with Crippen molar-refractivity contribution in [1.29, 1.82) is 0 Å². The van der Waals surface area contributed by atoms with E-state index in [0.29, 0.717) is 0 Å². The predicted molar refractivity (Wildman–Crippen MR) is 80.2 cm³/mol. The number of nitrogens with zero attached hydrogens (tertiary/aromatic N) is 1. The van der Waals surface area contributed by atoms with Gasteiger partial charge in [0.05, 0.1) is 0 Å². The summed E-state index contributed by atoms with van der Waals surface area (Å²) in [4.78, 5) is 2.71. The molecule has 2 fully saturated rings. The van der Waals surface area contributed by atoms with Crippen LogP contribution in [-0.2, 0) is 4.74 Å². The molecule has 0 aromatic carbocycles. The van der Waals surface area contributed by atoms with Crippen LogP contribution in [0.15, 0.2) is 0 Å². The van der Waals surface area contributed by atoms with Crippen LogP contribution < -0.4 is 5.73 Å². The molecule has 0 spiro atoms. The summed E-state index contributed by atoms with van der Waals surface area (Å²) in [6.45, 7) is 9.80. The predicted octanol–water partition coefficient (Wildman–Crippen LogP) is 2.64. The first-order chi connectivity index (χ1) is 9.20. The van der Waals surface area contributed by atoms with E-state index < -0.39 is 0 Å². The van der Waals surface area contributed by atoms with Crippen molar-refractivity contribution in [2.24, 2.45) is 17.6 Å². The normalized spacial score (nSPS) is 33.8. The Balaban J connectivity index is 2.00. The molecule has 1 aliphatic heterocycles. The maximum atomic E-state index is 6.22. The molecule has 19 heavy (non-hydrogen) atoms. The van der Waals surface area contributed by atoms with Gasteiger partial charge in [0.1, 0.15) is 0 Å². The van der Waals surface area contributed by atoms with Crippen molar-refractivity contribution < 1.29 is 4.74 Å². The summed E-state index contributed by atoms with van der Waals surface area (Å²) < 4.78 is 5.49. The third-order valence-electron chi connectivity index (χ3n) is 5.32. The van der Waals surface area contributed by atoms with Gasteiger partial charge in [0.15, 0.2) is 0 Å². The van der Waals surface area contributed by atoms with Gasteiger partial charge in [-0.25, -0.2) is 0 Å². The number of ether oxygens (including phenoxy) is 1. The highest BCUT2D eigenvalue weighted by Crippen LogP contribution is 2.37. The third kappa shape index (κ3) is 3.71. The highest BCUT2D eigenvalue weighted by atomic mass is 16.5. The lowest BCUT2D eigenvalue weighted by molar-refractivity contribution is 0.00281. The number of nitrogens with two attached hydrogens (primary N) is 1. The Bertz CT molecular complexity index is 265. The van der Waals surface area contributed by atoms with Crippen LogP contribution in [0.5, 0.6) is 0 Å². The molecule has 3 nitrogen and oxygen atoms in total. The van der Waals surface area contributed by atoms with Crippen molar-refractivity contribution in [3.8, 4) is 0 Å². The average molecular weight is 268 g/mol. The molecule has 2 N–H and O–H groups in total. The van der Waals surface area contributed by atoms with E-state index in [1.54, 1.807) is 0 Å². The Kier molecular flexibility index (Phi) is 5.67. The molecule has 1 saturated carbocycles. The second-order valence-electron chi connectivity index (χ2n) is 6.72. The van der Waals surface area contributed by atoms with Crippen LogP contribution in [0.1, 0.15) is 52.4 Å². The molecule has 0 amide bonds. The first-order valence-corrected chi connectivity index (χ1v) is 8.23. The van der Waals surface area contributed by atoms with Crippen LogP contribution in [0.2, 0.25) is 0 Å². The Labute approximate surface area is 118 Å². The molecule has 1 saturated heterocycles. The largest absolute Gasteiger partial charge is 0.381 e. The summed E-state index contributed by atoms with van der Waals surface area (Å²) >= 11 is 0. The number of hydrogen-bond donors (Lipinski definition) is 1. The molecule has 1 heterocycles. The molecule has 2 atom stereocenters. The van der Waals surface area contributed by atoms with Crippen molar-refractivity contribution in [2.75, 3.05) is 32.8 Å². The molecular formula is C16H32N2O. The third-order valence-corrected chi connectivity index (χ3v) is 5.32. The van der Waals surface area contributed by atoms with E-state index in [1.165, 1.54) is 45.1 Å². The summed E-state index contributed by atoms with van der Waals surface area (Å²) in [5.74, 6) is 1.65. The van der Waals surface area contributed by atoms with Gasteiger partial charge in [-0.15, -0.1) is 0 Å². The van der Waals surface area contributed by atoms with Crippen LogP contribution in [0, 0.1) is 11.8 Å². The Morgan fingerprint density at radius 3 is 2.58 bits per heavy atom. The van der Waals surface area contributed by atoms with Gasteiger partial charge >= 0.3 is 0 Å². The molecule has 0 aromatic heterocycles. The molecule has 112 valence electrons. The Hall–Kier alpha value is -0.120. The van der Waals surface area contributed by atoms with E-state index in [-0.39, 0.29) is 5.54 Å². The molecule has 3 heteroatoms. The van der Waals surface area contributed by atoms with E-state index in [1.807, 2.05) is 0 Å². The molecule has 2 unspecified atom stereocenters. The lowest BCUT2D eigenvalue weighted by Gasteiger charge is -2.49. The first kappa shape index (κ1) is 15.3. The number of rotatable bonds is 5. The molecule has 2 aliphatic rings. The van der Waals surface area contributed by atoms with Crippen LogP contribution in [0.25, 0.3) is 0 Å². The van der Waals surface area contributed by atoms with Gasteiger partial charge < -0.3 is 10.5 Å². The van der Waals surface area contributed by atoms with Crippen LogP contribution in [-0.4, -0.2) is 43.3 Å². The van der Waals surface area contributed by atoms with E-state index in [9.17, 15) is 0 Å². The second kappa shape index (κ2) is 7.05. The van der Waals surface area contributed by atoms with E-state index in [4.69, 9.17) is 10.5 Å². The van der Waals surface area contributed by atoms with Gasteiger partial charge in [0, 0.05) is 31.8 Å². The minimum Gasteiger partial charge on any atom is -0.381 e. The fourth-order valence-corrected chi connectivity index (χ4v) is 4.13. The van der Waals surface area contributed by atoms with E-state index in [0.717, 1.165) is 38.1 Å². The lowest BCUT2D eigenvalue weighted by Crippen LogP contribution is -2.57. The SMILES string of the molecule is CCN(CC1CCOCC1)C1(CN)CCCC(C)C1. The van der Waals surface area contributed by atoms with E-state index in [2.05, 4.69) is 18.7 Å².